The smallest absolute Gasteiger partial charge is 0.203 e. The molecule has 2 unspecified atom stereocenters. The van der Waals surface area contributed by atoms with Crippen LogP contribution < -0.4 is 5.32 Å². The first kappa shape index (κ1) is 11.3. The van der Waals surface area contributed by atoms with Gasteiger partial charge < -0.3 is 5.32 Å². The van der Waals surface area contributed by atoms with Crippen LogP contribution in [-0.2, 0) is 0 Å². The number of alkyl halides is 1. The van der Waals surface area contributed by atoms with Crippen LogP contribution in [0.2, 0.25) is 0 Å². The molecule has 0 aliphatic carbocycles. The van der Waals surface area contributed by atoms with Crippen molar-refractivity contribution >= 4 is 27.4 Å². The zero-order chi connectivity index (χ0) is 11.5. The summed E-state index contributed by atoms with van der Waals surface area (Å²) in [5.74, 6) is 0.778. The Labute approximate surface area is 102 Å². The summed E-state index contributed by atoms with van der Waals surface area (Å²) in [5.41, 5.74) is 0.761. The second kappa shape index (κ2) is 4.78. The molecule has 6 heteroatoms. The van der Waals surface area contributed by atoms with Gasteiger partial charge in [-0.3, -0.25) is 4.40 Å². The van der Waals surface area contributed by atoms with Gasteiger partial charge in [-0.15, -0.1) is 10.2 Å². The van der Waals surface area contributed by atoms with E-state index in [0.29, 0.717) is 10.9 Å². The molecule has 2 heterocycles. The molecular weight excluding hydrogens is 270 g/mol. The molecule has 0 aliphatic rings. The van der Waals surface area contributed by atoms with Gasteiger partial charge in [0.1, 0.15) is 6.33 Å². The van der Waals surface area contributed by atoms with E-state index in [4.69, 9.17) is 0 Å². The molecule has 1 N–H and O–H groups in total. The van der Waals surface area contributed by atoms with Gasteiger partial charge in [0.2, 0.25) is 5.65 Å². The highest BCUT2D eigenvalue weighted by Gasteiger charge is 2.10. The van der Waals surface area contributed by atoms with Crippen LogP contribution in [0.1, 0.15) is 20.3 Å². The Bertz CT molecular complexity index is 467. The number of nitrogens with one attached hydrogen (secondary N) is 1. The normalized spacial score (nSPS) is 14.9. The zero-order valence-electron chi connectivity index (χ0n) is 9.26. The third-order valence-electron chi connectivity index (χ3n) is 2.28. The van der Waals surface area contributed by atoms with E-state index in [1.165, 1.54) is 0 Å². The minimum atomic E-state index is 0.338. The summed E-state index contributed by atoms with van der Waals surface area (Å²) in [4.78, 5) is 4.76. The van der Waals surface area contributed by atoms with Crippen LogP contribution in [0, 0.1) is 0 Å². The summed E-state index contributed by atoms with van der Waals surface area (Å²) < 4.78 is 1.85. The first-order valence-corrected chi connectivity index (χ1v) is 6.13. The van der Waals surface area contributed by atoms with E-state index in [0.717, 1.165) is 17.9 Å². The molecule has 86 valence electrons. The van der Waals surface area contributed by atoms with Gasteiger partial charge in [0.25, 0.3) is 0 Å². The molecule has 2 atom stereocenters. The average molecular weight is 284 g/mol. The molecule has 0 saturated heterocycles. The molecule has 2 rings (SSSR count). The minimum Gasteiger partial charge on any atom is -0.364 e. The minimum absolute atomic E-state index is 0.338. The van der Waals surface area contributed by atoms with Crippen molar-refractivity contribution < 1.29 is 0 Å². The molecule has 0 amide bonds. The van der Waals surface area contributed by atoms with E-state index >= 15 is 0 Å². The number of anilines is 1. The second-order valence-electron chi connectivity index (χ2n) is 3.90. The summed E-state index contributed by atoms with van der Waals surface area (Å²) in [6.07, 6.45) is 6.26. The van der Waals surface area contributed by atoms with Crippen molar-refractivity contribution in [1.29, 1.82) is 0 Å². The third kappa shape index (κ3) is 2.49. The van der Waals surface area contributed by atoms with E-state index in [1.807, 2.05) is 10.6 Å². The van der Waals surface area contributed by atoms with Gasteiger partial charge in [-0.1, -0.05) is 22.9 Å². The van der Waals surface area contributed by atoms with Gasteiger partial charge in [0.05, 0.1) is 0 Å². The molecule has 2 aromatic heterocycles. The lowest BCUT2D eigenvalue weighted by molar-refractivity contribution is 0.705. The standard InChI is InChI=1S/C10H14BrN5/c1-7(11)5-8(2)14-9-10-15-13-6-16(10)4-3-12-9/h3-4,6-8H,5H2,1-2H3,(H,12,14). The van der Waals surface area contributed by atoms with Gasteiger partial charge >= 0.3 is 0 Å². The quantitative estimate of drug-likeness (QED) is 0.874. The number of hydrogen-bond acceptors (Lipinski definition) is 4. The maximum atomic E-state index is 4.28. The number of aromatic nitrogens is 4. The molecule has 0 aliphatic heterocycles. The van der Waals surface area contributed by atoms with Gasteiger partial charge in [-0.05, 0) is 13.3 Å². The van der Waals surface area contributed by atoms with Crippen molar-refractivity contribution in [2.75, 3.05) is 5.32 Å². The largest absolute Gasteiger partial charge is 0.364 e. The van der Waals surface area contributed by atoms with Crippen molar-refractivity contribution in [2.24, 2.45) is 0 Å². The summed E-state index contributed by atoms with van der Waals surface area (Å²) in [5, 5.41) is 11.2. The maximum absolute atomic E-state index is 4.28. The van der Waals surface area contributed by atoms with Crippen LogP contribution in [-0.4, -0.2) is 30.5 Å². The Balaban J connectivity index is 2.17. The Morgan fingerprint density at radius 2 is 2.31 bits per heavy atom. The number of nitrogens with zero attached hydrogens (tertiary/aromatic N) is 4. The van der Waals surface area contributed by atoms with E-state index in [1.54, 1.807) is 12.5 Å². The molecule has 0 bridgehead atoms. The second-order valence-corrected chi connectivity index (χ2v) is 5.46. The van der Waals surface area contributed by atoms with E-state index in [9.17, 15) is 0 Å². The van der Waals surface area contributed by atoms with Gasteiger partial charge in [-0.2, -0.15) is 0 Å². The van der Waals surface area contributed by atoms with Crippen LogP contribution in [0.4, 0.5) is 5.82 Å². The predicted octanol–water partition coefficient (Wildman–Crippen LogP) is 2.10. The number of rotatable bonds is 4. The molecule has 5 nitrogen and oxygen atoms in total. The first-order valence-electron chi connectivity index (χ1n) is 5.22. The Kier molecular flexibility index (Phi) is 3.38. The topological polar surface area (TPSA) is 55.1 Å². The highest BCUT2D eigenvalue weighted by Crippen LogP contribution is 2.14. The highest BCUT2D eigenvalue weighted by molar-refractivity contribution is 9.09. The van der Waals surface area contributed by atoms with Gasteiger partial charge in [0.15, 0.2) is 5.82 Å². The summed E-state index contributed by atoms with van der Waals surface area (Å²) in [7, 11) is 0. The van der Waals surface area contributed by atoms with E-state index < -0.39 is 0 Å². The van der Waals surface area contributed by atoms with Crippen molar-refractivity contribution in [3.8, 4) is 0 Å². The Hall–Kier alpha value is -1.17. The van der Waals surface area contributed by atoms with Crippen LogP contribution in [0.5, 0.6) is 0 Å². The number of fused-ring (bicyclic) bond motifs is 1. The van der Waals surface area contributed by atoms with Crippen LogP contribution in [0.15, 0.2) is 18.7 Å². The van der Waals surface area contributed by atoms with Crippen LogP contribution >= 0.6 is 15.9 Å². The lowest BCUT2D eigenvalue weighted by Gasteiger charge is -2.15. The fourth-order valence-electron chi connectivity index (χ4n) is 1.64. The molecule has 0 aromatic carbocycles. The van der Waals surface area contributed by atoms with Gasteiger partial charge in [0, 0.05) is 23.3 Å². The van der Waals surface area contributed by atoms with Crippen LogP contribution in [0.3, 0.4) is 0 Å². The first-order chi connectivity index (χ1) is 7.66. The molecule has 16 heavy (non-hydrogen) atoms. The van der Waals surface area contributed by atoms with Gasteiger partial charge in [-0.25, -0.2) is 4.98 Å². The number of hydrogen-bond donors (Lipinski definition) is 1. The molecule has 2 aromatic rings. The fraction of sp³-hybridized carbons (Fsp3) is 0.500. The Morgan fingerprint density at radius 1 is 1.50 bits per heavy atom. The molecule has 0 spiro atoms. The molecule has 0 fully saturated rings. The summed E-state index contributed by atoms with van der Waals surface area (Å²) in [6, 6.07) is 0.338. The average Bonchev–Trinajstić information content (AvgIpc) is 2.65. The van der Waals surface area contributed by atoms with Crippen molar-refractivity contribution in [3.05, 3.63) is 18.7 Å². The number of halogens is 1. The summed E-state index contributed by atoms with van der Waals surface area (Å²) in [6.45, 7) is 4.25. The predicted molar refractivity (Wildman–Crippen MR) is 66.9 cm³/mol. The van der Waals surface area contributed by atoms with Crippen molar-refractivity contribution in [2.45, 2.75) is 31.1 Å². The molecule has 0 saturated carbocycles. The van der Waals surface area contributed by atoms with Crippen molar-refractivity contribution in [1.82, 2.24) is 19.6 Å². The third-order valence-corrected chi connectivity index (χ3v) is 2.65. The fourth-order valence-corrected chi connectivity index (χ4v) is 2.20. The van der Waals surface area contributed by atoms with E-state index in [-0.39, 0.29) is 0 Å². The zero-order valence-corrected chi connectivity index (χ0v) is 10.8. The lowest BCUT2D eigenvalue weighted by atomic mass is 10.2. The Morgan fingerprint density at radius 3 is 3.06 bits per heavy atom. The van der Waals surface area contributed by atoms with Crippen molar-refractivity contribution in [3.63, 3.8) is 0 Å². The monoisotopic (exact) mass is 283 g/mol. The maximum Gasteiger partial charge on any atom is 0.203 e. The molecular formula is C10H14BrN5. The molecule has 0 radical (unpaired) electrons. The summed E-state index contributed by atoms with van der Waals surface area (Å²) >= 11 is 3.54. The highest BCUT2D eigenvalue weighted by atomic mass is 79.9. The van der Waals surface area contributed by atoms with Crippen LogP contribution in [0.25, 0.3) is 5.65 Å². The van der Waals surface area contributed by atoms with E-state index in [2.05, 4.69) is 50.3 Å². The lowest BCUT2D eigenvalue weighted by Crippen LogP contribution is -2.19. The SMILES string of the molecule is CC(Br)CC(C)Nc1nccn2cnnc12.